The van der Waals surface area contributed by atoms with E-state index in [1.165, 1.54) is 27.7 Å². The lowest BCUT2D eigenvalue weighted by Crippen LogP contribution is -2.71. The quantitative estimate of drug-likeness (QED) is 0.0683. The summed E-state index contributed by atoms with van der Waals surface area (Å²) in [5.74, 6) is -3.95. The first-order valence-corrected chi connectivity index (χ1v) is 21.3. The molecule has 25 atom stereocenters. The highest BCUT2D eigenvalue weighted by molar-refractivity contribution is 5.74. The Balaban J connectivity index is 1.61. The van der Waals surface area contributed by atoms with Crippen LogP contribution in [0.3, 0.4) is 0 Å². The maximum Gasteiger partial charge on any atom is 0.335 e. The van der Waals surface area contributed by atoms with E-state index >= 15 is 0 Å². The third-order valence-electron chi connectivity index (χ3n) is 11.7. The van der Waals surface area contributed by atoms with E-state index in [-0.39, 0.29) is 13.2 Å². The third-order valence-corrected chi connectivity index (χ3v) is 11.7. The van der Waals surface area contributed by atoms with Gasteiger partial charge >= 0.3 is 5.97 Å². The van der Waals surface area contributed by atoms with Gasteiger partial charge < -0.3 is 120 Å². The molecule has 5 heterocycles. The molecule has 5 saturated heterocycles. The number of rotatable bonds is 16. The summed E-state index contributed by atoms with van der Waals surface area (Å²) < 4.78 is 60.0. The number of aliphatic hydroxyl groups is 9. The maximum atomic E-state index is 13.1. The number of hydrogen-bond acceptors (Lipinski definition) is 24. The molecule has 0 aromatic carbocycles. The minimum atomic E-state index is -2.26. The van der Waals surface area contributed by atoms with Gasteiger partial charge in [0.25, 0.3) is 0 Å². The lowest BCUT2D eigenvalue weighted by atomic mass is 9.93. The molecule has 0 bridgehead atoms. The summed E-state index contributed by atoms with van der Waals surface area (Å²) in [6.45, 7) is 6.59. The molecule has 0 spiro atoms. The fraction of sp³-hybridized carbons (Fsp3) is 0.895. The summed E-state index contributed by atoms with van der Waals surface area (Å²) in [4.78, 5) is 50.3. The van der Waals surface area contributed by atoms with Crippen LogP contribution in [0.25, 0.3) is 0 Å². The van der Waals surface area contributed by atoms with Crippen molar-refractivity contribution in [3.05, 3.63) is 0 Å². The smallest absolute Gasteiger partial charge is 0.335 e. The summed E-state index contributed by atoms with van der Waals surface area (Å²) in [6, 6.07) is -4.55. The van der Waals surface area contributed by atoms with Crippen LogP contribution in [-0.4, -0.2) is 248 Å². The second kappa shape index (κ2) is 23.1. The van der Waals surface area contributed by atoms with Crippen LogP contribution >= 0.6 is 0 Å². The van der Waals surface area contributed by atoms with Crippen molar-refractivity contribution in [2.24, 2.45) is 5.73 Å². The number of carboxylic acids is 1. The predicted molar refractivity (Wildman–Crippen MR) is 210 cm³/mol. The molecule has 0 aromatic heterocycles. The molecule has 14 unspecified atom stereocenters. The minimum Gasteiger partial charge on any atom is -0.479 e. The first-order valence-electron chi connectivity index (χ1n) is 21.3. The van der Waals surface area contributed by atoms with Crippen LogP contribution in [0.15, 0.2) is 0 Å². The Kier molecular flexibility index (Phi) is 18.9. The van der Waals surface area contributed by atoms with Crippen molar-refractivity contribution in [2.75, 3.05) is 19.8 Å². The summed E-state index contributed by atoms with van der Waals surface area (Å²) >= 11 is 0. The van der Waals surface area contributed by atoms with E-state index in [1.807, 2.05) is 0 Å². The van der Waals surface area contributed by atoms with Crippen LogP contribution < -0.4 is 21.7 Å². The number of carbonyl (C=O) groups is 4. The van der Waals surface area contributed by atoms with E-state index in [9.17, 15) is 70.2 Å². The number of nitrogens with one attached hydrogen (secondary N) is 3. The van der Waals surface area contributed by atoms with Gasteiger partial charge in [0.2, 0.25) is 17.7 Å². The van der Waals surface area contributed by atoms with Gasteiger partial charge in [0, 0.05) is 27.3 Å². The number of nitrogens with two attached hydrogens (primary N) is 1. The lowest BCUT2D eigenvalue weighted by molar-refractivity contribution is -0.388. The molecule has 28 nitrogen and oxygen atoms in total. The molecule has 0 saturated carbocycles. The minimum absolute atomic E-state index is 0.0303. The van der Waals surface area contributed by atoms with Gasteiger partial charge in [-0.15, -0.1) is 0 Å². The number of aliphatic hydroxyl groups excluding tert-OH is 9. The van der Waals surface area contributed by atoms with E-state index in [0.717, 1.165) is 13.8 Å². The number of hydrogen-bond donors (Lipinski definition) is 14. The van der Waals surface area contributed by atoms with E-state index < -0.39 is 184 Å². The number of carbonyl (C=O) groups excluding carboxylic acids is 3. The average Bonchev–Trinajstić information content (AvgIpc) is 3.24. The zero-order valence-corrected chi connectivity index (χ0v) is 36.8. The molecule has 0 radical (unpaired) electrons. The van der Waals surface area contributed by atoms with Crippen molar-refractivity contribution in [1.29, 1.82) is 0 Å². The van der Waals surface area contributed by atoms with Crippen LogP contribution in [0.5, 0.6) is 0 Å². The summed E-state index contributed by atoms with van der Waals surface area (Å²) in [5.41, 5.74) is 5.65. The number of amides is 3. The SMILES string of the molecule is CC(=O)NC1C(O[C@@H]2OC(C)[C@@H](O[C@@H]3OC(CO)[C@@H](O)C(O)C3O)C(O[C@@H]3OC(C(=O)O)[C@@H](O)C(O)C3O[C@@H]3OC(C)[C@@H](O)C(O)[C@@H]3NC(C)=O)C2NC(C)=O)[C@@H](O)C(C)O[C@H]1OCCN. The first-order chi connectivity index (χ1) is 31.0. The monoisotopic (exact) mass is 960 g/mol. The molecule has 380 valence electrons. The molecule has 5 aliphatic heterocycles. The van der Waals surface area contributed by atoms with Crippen molar-refractivity contribution < 1.29 is 118 Å². The normalized spacial score (nSPS) is 46.5. The van der Waals surface area contributed by atoms with Crippen molar-refractivity contribution in [3.8, 4) is 0 Å². The summed E-state index contributed by atoms with van der Waals surface area (Å²) in [7, 11) is 0. The number of ether oxygens (including phenoxy) is 10. The molecule has 5 rings (SSSR count). The van der Waals surface area contributed by atoms with Gasteiger partial charge in [-0.3, -0.25) is 14.4 Å². The number of aliphatic carboxylic acids is 1. The summed E-state index contributed by atoms with van der Waals surface area (Å²) in [6.07, 6.45) is -38.5. The lowest BCUT2D eigenvalue weighted by Gasteiger charge is -2.52. The van der Waals surface area contributed by atoms with Crippen molar-refractivity contribution in [3.63, 3.8) is 0 Å². The molecule has 3 amide bonds. The van der Waals surface area contributed by atoms with Crippen molar-refractivity contribution in [1.82, 2.24) is 16.0 Å². The largest absolute Gasteiger partial charge is 0.479 e. The highest BCUT2D eigenvalue weighted by Crippen LogP contribution is 2.37. The van der Waals surface area contributed by atoms with Gasteiger partial charge in [-0.2, -0.15) is 0 Å². The van der Waals surface area contributed by atoms with Crippen molar-refractivity contribution >= 4 is 23.7 Å². The first kappa shape index (κ1) is 54.0. The van der Waals surface area contributed by atoms with E-state index in [2.05, 4.69) is 16.0 Å². The highest BCUT2D eigenvalue weighted by Gasteiger charge is 2.58. The number of carboxylic acid groups (broad SMARTS) is 1. The fourth-order valence-electron chi connectivity index (χ4n) is 8.37. The van der Waals surface area contributed by atoms with Gasteiger partial charge in [-0.1, -0.05) is 0 Å². The Bertz CT molecular complexity index is 1640. The van der Waals surface area contributed by atoms with Crippen molar-refractivity contribution in [2.45, 2.75) is 195 Å². The average molecular weight is 961 g/mol. The molecule has 28 heteroatoms. The molecular formula is C38H64N4O24. The second-order valence-corrected chi connectivity index (χ2v) is 16.8. The molecular weight excluding hydrogens is 896 g/mol. The molecule has 0 aliphatic carbocycles. The highest BCUT2D eigenvalue weighted by atomic mass is 16.8. The molecule has 15 N–H and O–H groups in total. The van der Waals surface area contributed by atoms with Crippen LogP contribution in [0.1, 0.15) is 41.5 Å². The maximum absolute atomic E-state index is 13.1. The van der Waals surface area contributed by atoms with E-state index in [4.69, 9.17) is 53.1 Å². The molecule has 5 aliphatic rings. The van der Waals surface area contributed by atoms with E-state index in [1.54, 1.807) is 0 Å². The fourth-order valence-corrected chi connectivity index (χ4v) is 8.37. The van der Waals surface area contributed by atoms with Crippen LogP contribution in [-0.2, 0) is 66.5 Å². The van der Waals surface area contributed by atoms with Gasteiger partial charge in [0.1, 0.15) is 97.5 Å². The van der Waals surface area contributed by atoms with Gasteiger partial charge in [0.05, 0.1) is 31.5 Å². The topological polar surface area (TPSA) is 425 Å². The van der Waals surface area contributed by atoms with Crippen LogP contribution in [0.4, 0.5) is 0 Å². The van der Waals surface area contributed by atoms with Gasteiger partial charge in [0.15, 0.2) is 37.6 Å². The Morgan fingerprint density at radius 3 is 1.58 bits per heavy atom. The third kappa shape index (κ3) is 12.1. The second-order valence-electron chi connectivity index (χ2n) is 16.8. The Hall–Kier alpha value is -2.92. The van der Waals surface area contributed by atoms with Crippen LogP contribution in [0.2, 0.25) is 0 Å². The zero-order chi connectivity index (χ0) is 49.1. The Labute approximate surface area is 377 Å². The standard InChI is InChI=1S/C38H64N4O24/c1-10-20(47)23(50)17(40-13(4)44)35(59-10)66-32-26(53)25(52)31(33(55)56)65-38(32)64-30-19(42-15(6)46)36(60-12(3)28(30)62-37-27(54)24(51)22(49)16(9-43)61-37)63-29-18(41-14(5)45)34(57-8-7-39)58-11(2)21(29)48/h10-12,16-32,34-38,43,47-54H,7-9,39H2,1-6H3,(H,40,44)(H,41,45)(H,42,46)(H,55,56)/t10?,11?,12?,16?,17-,18?,19?,20+,21-,22+,23?,24?,25-,26?,27?,28+,29?,30?,31?,32?,34+,35-,36-,37-,38+/m0/s1. The van der Waals surface area contributed by atoms with Crippen LogP contribution in [0, 0.1) is 0 Å². The zero-order valence-electron chi connectivity index (χ0n) is 36.8. The van der Waals surface area contributed by atoms with Gasteiger partial charge in [-0.25, -0.2) is 4.79 Å². The predicted octanol–water partition coefficient (Wildman–Crippen LogP) is -8.34. The molecule has 0 aromatic rings. The van der Waals surface area contributed by atoms with E-state index in [0.29, 0.717) is 0 Å². The Morgan fingerprint density at radius 2 is 1.00 bits per heavy atom. The summed E-state index contributed by atoms with van der Waals surface area (Å²) in [5, 5.41) is 115. The van der Waals surface area contributed by atoms with Gasteiger partial charge in [-0.05, 0) is 20.8 Å². The Morgan fingerprint density at radius 1 is 0.500 bits per heavy atom. The molecule has 66 heavy (non-hydrogen) atoms. The molecule has 5 fully saturated rings.